The van der Waals surface area contributed by atoms with Gasteiger partial charge in [-0.3, -0.25) is 9.69 Å². The number of thiazole rings is 1. The number of nitrogens with zero attached hydrogens (tertiary/aromatic N) is 2. The zero-order valence-electron chi connectivity index (χ0n) is 15.8. The van der Waals surface area contributed by atoms with Crippen LogP contribution in [0.25, 0.3) is 10.2 Å². The largest absolute Gasteiger partial charge is 0.283 e. The highest BCUT2D eigenvalue weighted by molar-refractivity contribution is 8.00. The first-order chi connectivity index (χ1) is 14.1. The minimum atomic E-state index is 0.0329. The number of aryl methyl sites for hydroxylation is 1. The van der Waals surface area contributed by atoms with E-state index in [1.54, 1.807) is 16.2 Å². The van der Waals surface area contributed by atoms with Gasteiger partial charge in [-0.05, 0) is 48.4 Å². The molecule has 0 saturated heterocycles. The van der Waals surface area contributed by atoms with Crippen molar-refractivity contribution in [2.24, 2.45) is 0 Å². The fourth-order valence-corrected chi connectivity index (χ4v) is 4.93. The lowest BCUT2D eigenvalue weighted by molar-refractivity contribution is -0.116. The predicted molar refractivity (Wildman–Crippen MR) is 124 cm³/mol. The van der Waals surface area contributed by atoms with Crippen molar-refractivity contribution in [3.8, 4) is 0 Å². The van der Waals surface area contributed by atoms with Gasteiger partial charge >= 0.3 is 0 Å². The highest BCUT2D eigenvalue weighted by atomic mass is 35.5. The lowest BCUT2D eigenvalue weighted by atomic mass is 10.2. The normalized spacial score (nSPS) is 11.0. The molecule has 3 aromatic carbocycles. The molecule has 0 radical (unpaired) electrons. The summed E-state index contributed by atoms with van der Waals surface area (Å²) < 4.78 is 1.09. The number of anilines is 1. The van der Waals surface area contributed by atoms with Crippen molar-refractivity contribution in [3.63, 3.8) is 0 Å². The molecule has 0 aliphatic carbocycles. The molecule has 0 aliphatic rings. The summed E-state index contributed by atoms with van der Waals surface area (Å²) in [5.41, 5.74) is 3.16. The molecule has 0 fully saturated rings. The molecular weight excluding hydrogens is 420 g/mol. The maximum atomic E-state index is 13.2. The second-order valence-electron chi connectivity index (χ2n) is 6.63. The molecule has 4 rings (SSSR count). The van der Waals surface area contributed by atoms with E-state index in [-0.39, 0.29) is 5.91 Å². The Labute approximate surface area is 183 Å². The Kier molecular flexibility index (Phi) is 6.19. The van der Waals surface area contributed by atoms with Gasteiger partial charge in [0.05, 0.1) is 22.5 Å². The molecule has 0 spiro atoms. The number of benzene rings is 3. The van der Waals surface area contributed by atoms with Crippen LogP contribution in [-0.2, 0) is 11.3 Å². The van der Waals surface area contributed by atoms with Crippen LogP contribution in [0.4, 0.5) is 5.13 Å². The summed E-state index contributed by atoms with van der Waals surface area (Å²) in [6.07, 6.45) is 0. The Hall–Kier alpha value is -2.34. The van der Waals surface area contributed by atoms with E-state index < -0.39 is 0 Å². The lowest BCUT2D eigenvalue weighted by Crippen LogP contribution is -2.31. The number of hydrogen-bond acceptors (Lipinski definition) is 4. The number of thioether (sulfide) groups is 1. The van der Waals surface area contributed by atoms with E-state index in [1.807, 2.05) is 73.7 Å². The summed E-state index contributed by atoms with van der Waals surface area (Å²) in [7, 11) is 0. The smallest absolute Gasteiger partial charge is 0.239 e. The Morgan fingerprint density at radius 1 is 1.03 bits per heavy atom. The second kappa shape index (κ2) is 8.99. The van der Waals surface area contributed by atoms with Crippen molar-refractivity contribution < 1.29 is 4.79 Å². The molecule has 0 N–H and O–H groups in total. The highest BCUT2D eigenvalue weighted by Gasteiger charge is 2.21. The average molecular weight is 439 g/mol. The van der Waals surface area contributed by atoms with Gasteiger partial charge in [0.25, 0.3) is 0 Å². The third-order valence-electron chi connectivity index (χ3n) is 4.50. The van der Waals surface area contributed by atoms with Crippen LogP contribution < -0.4 is 4.90 Å². The molecule has 0 bridgehead atoms. The van der Waals surface area contributed by atoms with Gasteiger partial charge in [-0.15, -0.1) is 11.8 Å². The maximum Gasteiger partial charge on any atom is 0.239 e. The fraction of sp³-hybridized carbons (Fsp3) is 0.130. The number of carbonyl (C=O) groups excluding carboxylic acids is 1. The van der Waals surface area contributed by atoms with Crippen LogP contribution in [0.1, 0.15) is 11.1 Å². The number of hydrogen-bond donors (Lipinski definition) is 0. The topological polar surface area (TPSA) is 33.2 Å². The third-order valence-corrected chi connectivity index (χ3v) is 6.79. The Balaban J connectivity index is 1.60. The maximum absolute atomic E-state index is 13.2. The van der Waals surface area contributed by atoms with Gasteiger partial charge < -0.3 is 0 Å². The van der Waals surface area contributed by atoms with Gasteiger partial charge in [0.1, 0.15) is 0 Å². The molecule has 0 saturated carbocycles. The van der Waals surface area contributed by atoms with Crippen molar-refractivity contribution >= 4 is 56.0 Å². The summed E-state index contributed by atoms with van der Waals surface area (Å²) in [6.45, 7) is 2.55. The molecule has 1 aromatic heterocycles. The molecule has 1 amide bonds. The van der Waals surface area contributed by atoms with E-state index in [2.05, 4.69) is 6.07 Å². The van der Waals surface area contributed by atoms with E-state index in [0.29, 0.717) is 17.3 Å². The van der Waals surface area contributed by atoms with Crippen molar-refractivity contribution in [1.29, 1.82) is 0 Å². The highest BCUT2D eigenvalue weighted by Crippen LogP contribution is 2.32. The van der Waals surface area contributed by atoms with Gasteiger partial charge in [-0.1, -0.05) is 65.4 Å². The number of aromatic nitrogens is 1. The molecule has 0 atom stereocenters. The summed E-state index contributed by atoms with van der Waals surface area (Å²) in [5, 5.41) is 1.43. The molecular formula is C23H19ClN2OS2. The Morgan fingerprint density at radius 3 is 2.52 bits per heavy atom. The van der Waals surface area contributed by atoms with Gasteiger partial charge in [-0.25, -0.2) is 4.98 Å². The van der Waals surface area contributed by atoms with Crippen LogP contribution in [0.5, 0.6) is 0 Å². The van der Waals surface area contributed by atoms with Crippen LogP contribution in [0.2, 0.25) is 5.02 Å². The lowest BCUT2D eigenvalue weighted by Gasteiger charge is -2.20. The Morgan fingerprint density at radius 2 is 1.79 bits per heavy atom. The van der Waals surface area contributed by atoms with Crippen LogP contribution in [0, 0.1) is 6.92 Å². The molecule has 146 valence electrons. The van der Waals surface area contributed by atoms with Crippen LogP contribution in [0.3, 0.4) is 0 Å². The molecule has 0 aliphatic heterocycles. The summed E-state index contributed by atoms with van der Waals surface area (Å²) in [5.74, 6) is 0.370. The zero-order valence-corrected chi connectivity index (χ0v) is 18.2. The first-order valence-corrected chi connectivity index (χ1v) is 11.4. The number of amides is 1. The van der Waals surface area contributed by atoms with Crippen molar-refractivity contribution in [3.05, 3.63) is 88.9 Å². The van der Waals surface area contributed by atoms with E-state index in [1.165, 1.54) is 11.8 Å². The quantitative estimate of drug-likeness (QED) is 0.318. The number of fused-ring (bicyclic) bond motifs is 1. The number of halogens is 1. The molecule has 1 heterocycles. The summed E-state index contributed by atoms with van der Waals surface area (Å²) >= 11 is 9.02. The standard InChI is InChI=1S/C23H19ClN2OS2/c1-16-6-5-9-20-22(16)25-23(29-20)26(14-17-7-3-2-4-8-17)21(27)15-28-19-12-10-18(24)11-13-19/h2-13H,14-15H2,1H3. The first-order valence-electron chi connectivity index (χ1n) is 9.19. The van der Waals surface area contributed by atoms with E-state index in [0.717, 1.165) is 31.4 Å². The molecule has 29 heavy (non-hydrogen) atoms. The van der Waals surface area contributed by atoms with Crippen molar-refractivity contribution in [1.82, 2.24) is 4.98 Å². The van der Waals surface area contributed by atoms with Crippen LogP contribution >= 0.6 is 34.7 Å². The van der Waals surface area contributed by atoms with Gasteiger partial charge in [0.2, 0.25) is 5.91 Å². The van der Waals surface area contributed by atoms with Crippen LogP contribution in [-0.4, -0.2) is 16.6 Å². The van der Waals surface area contributed by atoms with Gasteiger partial charge in [0.15, 0.2) is 5.13 Å². The predicted octanol–water partition coefficient (Wildman–Crippen LogP) is 6.58. The fourth-order valence-electron chi connectivity index (χ4n) is 2.97. The monoisotopic (exact) mass is 438 g/mol. The third kappa shape index (κ3) is 4.81. The van der Waals surface area contributed by atoms with Crippen LogP contribution in [0.15, 0.2) is 77.7 Å². The Bertz CT molecular complexity index is 1130. The number of rotatable bonds is 6. The first kappa shape index (κ1) is 20.0. The number of carbonyl (C=O) groups is 1. The van der Waals surface area contributed by atoms with E-state index in [4.69, 9.17) is 16.6 Å². The average Bonchev–Trinajstić information content (AvgIpc) is 3.17. The van der Waals surface area contributed by atoms with E-state index in [9.17, 15) is 4.79 Å². The SMILES string of the molecule is Cc1cccc2sc(N(Cc3ccccc3)C(=O)CSc3ccc(Cl)cc3)nc12. The molecule has 4 aromatic rings. The van der Waals surface area contributed by atoms with Gasteiger partial charge in [0, 0.05) is 9.92 Å². The van der Waals surface area contributed by atoms with Crippen molar-refractivity contribution in [2.45, 2.75) is 18.4 Å². The molecule has 0 unspecified atom stereocenters. The van der Waals surface area contributed by atoms with Crippen molar-refractivity contribution in [2.75, 3.05) is 10.7 Å². The molecule has 6 heteroatoms. The second-order valence-corrected chi connectivity index (χ2v) is 9.12. The summed E-state index contributed by atoms with van der Waals surface area (Å²) in [4.78, 5) is 20.8. The minimum absolute atomic E-state index is 0.0329. The van der Waals surface area contributed by atoms with Gasteiger partial charge in [-0.2, -0.15) is 0 Å². The zero-order chi connectivity index (χ0) is 20.2. The minimum Gasteiger partial charge on any atom is -0.283 e. The molecule has 3 nitrogen and oxygen atoms in total. The number of para-hydroxylation sites is 1. The summed E-state index contributed by atoms with van der Waals surface area (Å²) in [6, 6.07) is 23.7. The van der Waals surface area contributed by atoms with E-state index >= 15 is 0 Å².